The van der Waals surface area contributed by atoms with Gasteiger partial charge >= 0.3 is 11.9 Å². The molecule has 0 aromatic carbocycles. The van der Waals surface area contributed by atoms with Gasteiger partial charge in [0.05, 0.1) is 5.88 Å². The van der Waals surface area contributed by atoms with Crippen LogP contribution in [0.25, 0.3) is 0 Å². The van der Waals surface area contributed by atoms with Crippen LogP contribution in [0.15, 0.2) is 17.3 Å². The number of hydrogen-bond acceptors (Lipinski definition) is 9. The molecular weight excluding hydrogens is 433 g/mol. The molecule has 0 saturated carbocycles. The van der Waals surface area contributed by atoms with E-state index in [-0.39, 0.29) is 24.6 Å². The van der Waals surface area contributed by atoms with Crippen molar-refractivity contribution >= 4 is 29.4 Å². The SMILES string of the molecule is CCCCC(=O)OC[C@@]1(CCl)O[C@@H](N2C=CC(N)=NC2O)[C@H](F)[C@@H]1OC(=O)CCCC. The molecule has 5 atom stereocenters. The number of unbranched alkanes of at least 4 members (excludes halogenated alkanes) is 2. The first-order valence-corrected chi connectivity index (χ1v) is 11.0. The topological polar surface area (TPSA) is 124 Å². The first-order chi connectivity index (χ1) is 14.8. The van der Waals surface area contributed by atoms with Gasteiger partial charge in [0.1, 0.15) is 12.4 Å². The van der Waals surface area contributed by atoms with Crippen LogP contribution in [0.3, 0.4) is 0 Å². The van der Waals surface area contributed by atoms with Crippen molar-refractivity contribution in [3.63, 3.8) is 0 Å². The van der Waals surface area contributed by atoms with Crippen LogP contribution in [0.4, 0.5) is 4.39 Å². The summed E-state index contributed by atoms with van der Waals surface area (Å²) in [7, 11) is 0. The van der Waals surface area contributed by atoms with Crippen molar-refractivity contribution in [2.45, 2.75) is 82.8 Å². The van der Waals surface area contributed by atoms with E-state index in [1.54, 1.807) is 0 Å². The third-order valence-electron chi connectivity index (χ3n) is 5.11. The maximum absolute atomic E-state index is 15.5. The lowest BCUT2D eigenvalue weighted by molar-refractivity contribution is -0.181. The normalized spacial score (nSPS) is 30.2. The molecule has 2 aliphatic rings. The number of halogens is 2. The third-order valence-corrected chi connectivity index (χ3v) is 5.56. The number of rotatable bonds is 11. The maximum atomic E-state index is 15.5. The zero-order valence-electron chi connectivity index (χ0n) is 17.8. The Morgan fingerprint density at radius 3 is 2.55 bits per heavy atom. The minimum absolute atomic E-state index is 0.0631. The number of nitrogens with zero attached hydrogens (tertiary/aromatic N) is 2. The van der Waals surface area contributed by atoms with Crippen LogP contribution < -0.4 is 5.73 Å². The van der Waals surface area contributed by atoms with Gasteiger partial charge in [-0.15, -0.1) is 11.6 Å². The second-order valence-corrected chi connectivity index (χ2v) is 7.86. The number of alkyl halides is 2. The van der Waals surface area contributed by atoms with Crippen LogP contribution in [0.2, 0.25) is 0 Å². The molecule has 176 valence electrons. The quantitative estimate of drug-likeness (QED) is 0.352. The molecule has 0 aliphatic carbocycles. The summed E-state index contributed by atoms with van der Waals surface area (Å²) < 4.78 is 32.1. The number of ether oxygens (including phenoxy) is 3. The molecule has 0 aromatic rings. The standard InChI is InChI=1S/C20H31ClFN3O6/c1-3-5-7-14(26)29-12-20(11-21)17(30-15(27)8-6-4-2)16(22)18(31-20)25-10-9-13(23)24-19(25)28/h9-10,16-19,28H,3-8,11-12H2,1-2H3,(H2,23,24)/t16-,17+,18-,19?,20-/m1/s1. The summed E-state index contributed by atoms with van der Waals surface area (Å²) in [6.45, 7) is 3.44. The van der Waals surface area contributed by atoms with Gasteiger partial charge in [0.15, 0.2) is 24.1 Å². The molecule has 1 unspecified atom stereocenters. The van der Waals surface area contributed by atoms with Crippen molar-refractivity contribution < 1.29 is 33.3 Å². The first-order valence-electron chi connectivity index (χ1n) is 10.5. The van der Waals surface area contributed by atoms with Gasteiger partial charge in [-0.25, -0.2) is 9.38 Å². The molecule has 31 heavy (non-hydrogen) atoms. The van der Waals surface area contributed by atoms with Crippen molar-refractivity contribution in [2.75, 3.05) is 12.5 Å². The van der Waals surface area contributed by atoms with Crippen LogP contribution in [0, 0.1) is 0 Å². The highest BCUT2D eigenvalue weighted by Crippen LogP contribution is 2.39. The van der Waals surface area contributed by atoms with Gasteiger partial charge in [-0.05, 0) is 18.9 Å². The average molecular weight is 464 g/mol. The third kappa shape index (κ3) is 6.30. The highest BCUT2D eigenvalue weighted by atomic mass is 35.5. The Morgan fingerprint density at radius 2 is 1.97 bits per heavy atom. The number of carbonyl (C=O) groups is 2. The molecule has 2 aliphatic heterocycles. The molecule has 1 saturated heterocycles. The van der Waals surface area contributed by atoms with Gasteiger partial charge in [-0.3, -0.25) is 9.59 Å². The summed E-state index contributed by atoms with van der Waals surface area (Å²) in [5.41, 5.74) is 3.93. The maximum Gasteiger partial charge on any atom is 0.306 e. The molecular formula is C20H31ClFN3O6. The number of aliphatic imine (C=N–C) groups is 1. The number of aliphatic hydroxyl groups excluding tert-OH is 1. The van der Waals surface area contributed by atoms with Crippen molar-refractivity contribution in [1.82, 2.24) is 4.90 Å². The molecule has 9 nitrogen and oxygen atoms in total. The Labute approximate surface area is 186 Å². The minimum Gasteiger partial charge on any atom is -0.462 e. The van der Waals surface area contributed by atoms with Gasteiger partial charge in [0, 0.05) is 19.0 Å². The Balaban J connectivity index is 2.23. The highest BCUT2D eigenvalue weighted by molar-refractivity contribution is 6.18. The number of aliphatic hydroxyl groups is 1. The smallest absolute Gasteiger partial charge is 0.306 e. The molecule has 0 amide bonds. The van der Waals surface area contributed by atoms with Crippen LogP contribution in [0.1, 0.15) is 52.4 Å². The fraction of sp³-hybridized carbons (Fsp3) is 0.750. The number of esters is 2. The number of hydrogen-bond donors (Lipinski definition) is 2. The molecule has 11 heteroatoms. The Bertz CT molecular complexity index is 694. The van der Waals surface area contributed by atoms with E-state index < -0.39 is 49.0 Å². The fourth-order valence-electron chi connectivity index (χ4n) is 3.29. The second-order valence-electron chi connectivity index (χ2n) is 7.59. The summed E-state index contributed by atoms with van der Waals surface area (Å²) in [4.78, 5) is 29.2. The van der Waals surface area contributed by atoms with Gasteiger partial charge in [-0.2, -0.15) is 0 Å². The Kier molecular flexibility index (Phi) is 9.52. The van der Waals surface area contributed by atoms with E-state index in [2.05, 4.69) is 4.99 Å². The summed E-state index contributed by atoms with van der Waals surface area (Å²) >= 11 is 6.14. The van der Waals surface area contributed by atoms with Crippen LogP contribution in [0.5, 0.6) is 0 Å². The monoisotopic (exact) mass is 463 g/mol. The molecule has 0 aromatic heterocycles. The van der Waals surface area contributed by atoms with Crippen molar-refractivity contribution in [3.8, 4) is 0 Å². The highest BCUT2D eigenvalue weighted by Gasteiger charge is 2.60. The molecule has 2 heterocycles. The predicted molar refractivity (Wildman–Crippen MR) is 112 cm³/mol. The minimum atomic E-state index is -1.90. The summed E-state index contributed by atoms with van der Waals surface area (Å²) in [6, 6.07) is 0. The second kappa shape index (κ2) is 11.6. The van der Waals surface area contributed by atoms with Crippen LogP contribution in [-0.2, 0) is 23.8 Å². The molecule has 0 radical (unpaired) electrons. The summed E-state index contributed by atoms with van der Waals surface area (Å²) in [5, 5.41) is 10.2. The van der Waals surface area contributed by atoms with E-state index in [9.17, 15) is 14.7 Å². The first kappa shape index (κ1) is 25.4. The van der Waals surface area contributed by atoms with E-state index in [0.717, 1.165) is 17.7 Å². The average Bonchev–Trinajstić information content (AvgIpc) is 3.01. The molecule has 0 spiro atoms. The van der Waals surface area contributed by atoms with E-state index in [1.807, 2.05) is 13.8 Å². The van der Waals surface area contributed by atoms with Crippen LogP contribution >= 0.6 is 11.6 Å². The molecule has 0 bridgehead atoms. The number of carbonyl (C=O) groups excluding carboxylic acids is 2. The molecule has 3 N–H and O–H groups in total. The Morgan fingerprint density at radius 1 is 1.32 bits per heavy atom. The lowest BCUT2D eigenvalue weighted by Gasteiger charge is -2.34. The lowest BCUT2D eigenvalue weighted by Crippen LogP contribution is -2.50. The zero-order chi connectivity index (χ0) is 23.0. The van der Waals surface area contributed by atoms with Gasteiger partial charge in [-0.1, -0.05) is 26.7 Å². The zero-order valence-corrected chi connectivity index (χ0v) is 18.6. The molecule has 2 rings (SSSR count). The summed E-state index contributed by atoms with van der Waals surface area (Å²) in [6.07, 6.45) is -0.437. The summed E-state index contributed by atoms with van der Waals surface area (Å²) in [5.74, 6) is -1.34. The van der Waals surface area contributed by atoms with Crippen molar-refractivity contribution in [3.05, 3.63) is 12.3 Å². The van der Waals surface area contributed by atoms with E-state index >= 15 is 4.39 Å². The lowest BCUT2D eigenvalue weighted by atomic mass is 9.98. The van der Waals surface area contributed by atoms with Gasteiger partial charge in [0.2, 0.25) is 6.35 Å². The van der Waals surface area contributed by atoms with Crippen LogP contribution in [-0.4, -0.2) is 70.7 Å². The van der Waals surface area contributed by atoms with E-state index in [0.29, 0.717) is 12.8 Å². The van der Waals surface area contributed by atoms with E-state index in [4.69, 9.17) is 31.5 Å². The van der Waals surface area contributed by atoms with Crippen molar-refractivity contribution in [1.29, 1.82) is 0 Å². The number of amidine groups is 1. The largest absolute Gasteiger partial charge is 0.462 e. The fourth-order valence-corrected chi connectivity index (χ4v) is 3.58. The number of nitrogens with two attached hydrogens (primary N) is 1. The Hall–Kier alpha value is -1.91. The van der Waals surface area contributed by atoms with Gasteiger partial charge < -0.3 is 30.0 Å². The van der Waals surface area contributed by atoms with Crippen molar-refractivity contribution in [2.24, 2.45) is 10.7 Å². The predicted octanol–water partition coefficient (Wildman–Crippen LogP) is 1.96. The molecule has 1 fully saturated rings. The van der Waals surface area contributed by atoms with E-state index in [1.165, 1.54) is 12.3 Å². The van der Waals surface area contributed by atoms with Gasteiger partial charge in [0.25, 0.3) is 0 Å².